The Morgan fingerprint density at radius 1 is 1.12 bits per heavy atom. The molecule has 0 spiro atoms. The maximum Gasteiger partial charge on any atom is 0.419 e. The molecule has 4 bridgehead atoms. The van der Waals surface area contributed by atoms with Gasteiger partial charge < -0.3 is 16.0 Å². The molecule has 0 radical (unpaired) electrons. The highest BCUT2D eigenvalue weighted by molar-refractivity contribution is 5.82. The number of amides is 2. The fourth-order valence-electron chi connectivity index (χ4n) is 6.98. The van der Waals surface area contributed by atoms with E-state index in [-0.39, 0.29) is 35.6 Å². The minimum Gasteiger partial charge on any atom is -0.369 e. The number of anilines is 1. The van der Waals surface area contributed by atoms with E-state index in [9.17, 15) is 22.8 Å². The van der Waals surface area contributed by atoms with E-state index in [4.69, 9.17) is 5.73 Å². The average Bonchev–Trinajstić information content (AvgIpc) is 2.76. The summed E-state index contributed by atoms with van der Waals surface area (Å²) < 4.78 is 39.9. The van der Waals surface area contributed by atoms with Gasteiger partial charge in [-0.05, 0) is 62.0 Å². The number of nitrogens with zero attached hydrogens (tertiary/aromatic N) is 3. The fourth-order valence-corrected chi connectivity index (χ4v) is 6.98. The summed E-state index contributed by atoms with van der Waals surface area (Å²) >= 11 is 0. The molecule has 0 aromatic carbocycles. The van der Waals surface area contributed by atoms with E-state index in [1.54, 1.807) is 4.90 Å². The number of hydrogen-bond acceptors (Lipinski definition) is 5. The van der Waals surface area contributed by atoms with E-state index >= 15 is 0 Å². The molecule has 1 aromatic rings. The number of primary amides is 1. The molecule has 2 atom stereocenters. The molecule has 5 fully saturated rings. The Kier molecular flexibility index (Phi) is 5.54. The Labute approximate surface area is 190 Å². The van der Waals surface area contributed by atoms with Gasteiger partial charge in [-0.25, -0.2) is 4.98 Å². The molecule has 2 unspecified atom stereocenters. The first-order valence-corrected chi connectivity index (χ1v) is 11.7. The van der Waals surface area contributed by atoms with Crippen molar-refractivity contribution in [3.63, 3.8) is 0 Å². The van der Waals surface area contributed by atoms with E-state index in [0.29, 0.717) is 43.9 Å². The second-order valence-corrected chi connectivity index (χ2v) is 10.3. The molecular formula is C23H30F3N5O2. The zero-order valence-corrected chi connectivity index (χ0v) is 18.5. The van der Waals surface area contributed by atoms with Crippen LogP contribution in [0.4, 0.5) is 19.0 Å². The predicted molar refractivity (Wildman–Crippen MR) is 115 cm³/mol. The maximum absolute atomic E-state index is 13.3. The third kappa shape index (κ3) is 4.18. The quantitative estimate of drug-likeness (QED) is 0.694. The molecule has 5 aliphatic rings. The summed E-state index contributed by atoms with van der Waals surface area (Å²) in [4.78, 5) is 32.5. The van der Waals surface area contributed by atoms with Crippen LogP contribution in [0.25, 0.3) is 0 Å². The molecule has 10 heteroatoms. The SMILES string of the molecule is NC(=O)C12CC3CC(C1)C(NC(=O)CN1CCN(c4ncccc4C(F)(F)F)CC1)C(C3)C2. The van der Waals surface area contributed by atoms with Gasteiger partial charge in [0.15, 0.2) is 0 Å². The lowest BCUT2D eigenvalue weighted by molar-refractivity contribution is -0.147. The highest BCUT2D eigenvalue weighted by Gasteiger charge is 2.58. The van der Waals surface area contributed by atoms with Gasteiger partial charge in [0, 0.05) is 43.8 Å². The Hall–Kier alpha value is -2.36. The van der Waals surface area contributed by atoms with E-state index < -0.39 is 11.7 Å². The number of pyridine rings is 1. The van der Waals surface area contributed by atoms with Crippen LogP contribution in [0.2, 0.25) is 0 Å². The first-order chi connectivity index (χ1) is 15.6. The summed E-state index contributed by atoms with van der Waals surface area (Å²) in [6, 6.07) is 2.43. The Morgan fingerprint density at radius 2 is 1.79 bits per heavy atom. The minimum atomic E-state index is -4.45. The van der Waals surface area contributed by atoms with Crippen LogP contribution < -0.4 is 16.0 Å². The lowest BCUT2D eigenvalue weighted by atomic mass is 9.47. The highest BCUT2D eigenvalue weighted by atomic mass is 19.4. The van der Waals surface area contributed by atoms with Crippen molar-refractivity contribution in [1.29, 1.82) is 0 Å². The summed E-state index contributed by atoms with van der Waals surface area (Å²) in [5.41, 5.74) is 4.63. The van der Waals surface area contributed by atoms with Crippen LogP contribution in [0.5, 0.6) is 0 Å². The number of rotatable bonds is 5. The van der Waals surface area contributed by atoms with Crippen LogP contribution >= 0.6 is 0 Å². The molecule has 2 heterocycles. The van der Waals surface area contributed by atoms with Gasteiger partial charge in [-0.15, -0.1) is 0 Å². The first kappa shape index (κ1) is 22.4. The van der Waals surface area contributed by atoms with Crippen LogP contribution in [0, 0.1) is 23.2 Å². The van der Waals surface area contributed by atoms with Gasteiger partial charge in [0.1, 0.15) is 5.82 Å². The summed E-state index contributed by atoms with van der Waals surface area (Å²) in [5, 5.41) is 3.23. The van der Waals surface area contributed by atoms with E-state index in [2.05, 4.69) is 10.3 Å². The summed E-state index contributed by atoms with van der Waals surface area (Å²) in [5.74, 6) is 0.841. The molecule has 1 saturated heterocycles. The third-order valence-corrected chi connectivity index (χ3v) is 8.25. The number of aromatic nitrogens is 1. The van der Waals surface area contributed by atoms with Gasteiger partial charge in [0.25, 0.3) is 0 Å². The molecule has 4 aliphatic carbocycles. The molecule has 6 rings (SSSR count). The number of carbonyl (C=O) groups excluding carboxylic acids is 2. The molecule has 3 N–H and O–H groups in total. The lowest BCUT2D eigenvalue weighted by Crippen LogP contribution is -2.62. The number of hydrogen-bond donors (Lipinski definition) is 2. The monoisotopic (exact) mass is 465 g/mol. The van der Waals surface area contributed by atoms with Crippen molar-refractivity contribution in [2.45, 2.75) is 44.3 Å². The number of halogens is 3. The zero-order valence-electron chi connectivity index (χ0n) is 18.5. The minimum absolute atomic E-state index is 0.0499. The molecule has 33 heavy (non-hydrogen) atoms. The number of nitrogens with two attached hydrogens (primary N) is 1. The van der Waals surface area contributed by atoms with Crippen LogP contribution in [0.1, 0.15) is 37.7 Å². The number of alkyl halides is 3. The molecule has 180 valence electrons. The Balaban J connectivity index is 1.15. The van der Waals surface area contributed by atoms with Crippen molar-refractivity contribution >= 4 is 17.6 Å². The van der Waals surface area contributed by atoms with Crippen LogP contribution in [0.15, 0.2) is 18.3 Å². The van der Waals surface area contributed by atoms with Crippen molar-refractivity contribution < 1.29 is 22.8 Å². The summed E-state index contributed by atoms with van der Waals surface area (Å²) in [7, 11) is 0. The van der Waals surface area contributed by atoms with E-state index in [1.165, 1.54) is 12.3 Å². The normalized spacial score (nSPS) is 33.8. The fraction of sp³-hybridized carbons (Fsp3) is 0.696. The van der Waals surface area contributed by atoms with Crippen molar-refractivity contribution in [2.24, 2.45) is 28.9 Å². The van der Waals surface area contributed by atoms with Gasteiger partial charge in [-0.1, -0.05) is 0 Å². The second-order valence-electron chi connectivity index (χ2n) is 10.3. The van der Waals surface area contributed by atoms with Crippen molar-refractivity contribution in [3.05, 3.63) is 23.9 Å². The van der Waals surface area contributed by atoms with E-state index in [0.717, 1.165) is 38.2 Å². The van der Waals surface area contributed by atoms with Gasteiger partial charge in [0.05, 0.1) is 12.1 Å². The van der Waals surface area contributed by atoms with Crippen molar-refractivity contribution in [2.75, 3.05) is 37.6 Å². The standard InChI is InChI=1S/C23H30F3N5O2/c24-23(25,26)17-2-1-3-28-20(17)31-6-4-30(5-7-31)13-18(32)29-19-15-8-14-9-16(19)12-22(10-14,11-15)21(27)33/h1-3,14-16,19H,4-13H2,(H2,27,33)(H,29,32). The third-order valence-electron chi connectivity index (χ3n) is 8.25. The summed E-state index contributed by atoms with van der Waals surface area (Å²) in [6.07, 6.45) is 1.44. The van der Waals surface area contributed by atoms with Crippen molar-refractivity contribution in [3.8, 4) is 0 Å². The average molecular weight is 466 g/mol. The predicted octanol–water partition coefficient (Wildman–Crippen LogP) is 2.02. The van der Waals surface area contributed by atoms with Crippen LogP contribution in [-0.2, 0) is 15.8 Å². The number of nitrogens with one attached hydrogen (secondary N) is 1. The Bertz CT molecular complexity index is 915. The summed E-state index contributed by atoms with van der Waals surface area (Å²) in [6.45, 7) is 1.97. The maximum atomic E-state index is 13.3. The number of piperazine rings is 1. The van der Waals surface area contributed by atoms with Crippen molar-refractivity contribution in [1.82, 2.24) is 15.2 Å². The molecule has 4 saturated carbocycles. The molecule has 1 aromatic heterocycles. The highest BCUT2D eigenvalue weighted by Crippen LogP contribution is 2.59. The molecule has 7 nitrogen and oxygen atoms in total. The second kappa shape index (κ2) is 8.14. The van der Waals surface area contributed by atoms with Gasteiger partial charge in [-0.2, -0.15) is 13.2 Å². The first-order valence-electron chi connectivity index (χ1n) is 11.7. The smallest absolute Gasteiger partial charge is 0.369 e. The molecule has 2 amide bonds. The zero-order chi connectivity index (χ0) is 23.4. The molecule has 1 aliphatic heterocycles. The van der Waals surface area contributed by atoms with Crippen LogP contribution in [-0.4, -0.2) is 60.5 Å². The molecular weight excluding hydrogens is 435 g/mol. The largest absolute Gasteiger partial charge is 0.419 e. The number of carbonyl (C=O) groups is 2. The topological polar surface area (TPSA) is 91.6 Å². The van der Waals surface area contributed by atoms with Gasteiger partial charge >= 0.3 is 6.18 Å². The van der Waals surface area contributed by atoms with Gasteiger partial charge in [-0.3, -0.25) is 14.5 Å². The van der Waals surface area contributed by atoms with Crippen LogP contribution in [0.3, 0.4) is 0 Å². The Morgan fingerprint density at radius 3 is 2.39 bits per heavy atom. The van der Waals surface area contributed by atoms with E-state index in [1.807, 2.05) is 4.90 Å². The van der Waals surface area contributed by atoms with Gasteiger partial charge in [0.2, 0.25) is 11.8 Å². The lowest BCUT2D eigenvalue weighted by Gasteiger charge is -2.58.